The van der Waals surface area contributed by atoms with Gasteiger partial charge in [-0.05, 0) is 60.0 Å². The summed E-state index contributed by atoms with van der Waals surface area (Å²) in [6.07, 6.45) is 0. The summed E-state index contributed by atoms with van der Waals surface area (Å²) in [5.74, 6) is 0. The predicted octanol–water partition coefficient (Wildman–Crippen LogP) is 4.63. The third-order valence-corrected chi connectivity index (χ3v) is 3.52. The molecule has 1 heterocycles. The number of halogens is 1. The van der Waals surface area contributed by atoms with E-state index in [-0.39, 0.29) is 6.04 Å². The smallest absolute Gasteiger partial charge is 0.106 e. The first-order chi connectivity index (χ1) is 8.58. The van der Waals surface area contributed by atoms with Crippen LogP contribution in [0.15, 0.2) is 41.0 Å². The average Bonchev–Trinajstić information content (AvgIpc) is 2.33. The van der Waals surface area contributed by atoms with Crippen molar-refractivity contribution in [1.29, 1.82) is 0 Å². The molecule has 18 heavy (non-hydrogen) atoms. The van der Waals surface area contributed by atoms with Crippen LogP contribution < -0.4 is 5.32 Å². The van der Waals surface area contributed by atoms with Crippen LogP contribution in [0.25, 0.3) is 0 Å². The first-order valence-electron chi connectivity index (χ1n) is 6.03. The van der Waals surface area contributed by atoms with Crippen molar-refractivity contribution in [3.05, 3.63) is 57.8 Å². The molecule has 3 heteroatoms. The molecule has 0 radical (unpaired) electrons. The van der Waals surface area contributed by atoms with Gasteiger partial charge in [-0.25, -0.2) is 4.98 Å². The lowest BCUT2D eigenvalue weighted by atomic mass is 10.0. The number of nitrogens with zero attached hydrogens (tertiary/aromatic N) is 1. The van der Waals surface area contributed by atoms with Gasteiger partial charge in [-0.2, -0.15) is 0 Å². The van der Waals surface area contributed by atoms with Crippen LogP contribution in [0.2, 0.25) is 0 Å². The third-order valence-electron chi connectivity index (χ3n) is 3.08. The normalized spacial score (nSPS) is 12.2. The lowest BCUT2D eigenvalue weighted by Crippen LogP contribution is -2.09. The van der Waals surface area contributed by atoms with Gasteiger partial charge < -0.3 is 5.32 Å². The van der Waals surface area contributed by atoms with Gasteiger partial charge in [0.2, 0.25) is 0 Å². The number of pyridine rings is 1. The van der Waals surface area contributed by atoms with E-state index in [1.165, 1.54) is 11.1 Å². The molecule has 0 saturated carbocycles. The zero-order valence-corrected chi connectivity index (χ0v) is 12.5. The van der Waals surface area contributed by atoms with Crippen LogP contribution in [0.1, 0.15) is 29.8 Å². The molecule has 1 unspecified atom stereocenters. The van der Waals surface area contributed by atoms with Crippen LogP contribution in [-0.4, -0.2) is 4.98 Å². The van der Waals surface area contributed by atoms with Gasteiger partial charge in [0.15, 0.2) is 0 Å². The Morgan fingerprint density at radius 3 is 2.50 bits per heavy atom. The molecule has 0 aliphatic rings. The van der Waals surface area contributed by atoms with E-state index in [0.29, 0.717) is 0 Å². The van der Waals surface area contributed by atoms with Gasteiger partial charge in [-0.3, -0.25) is 0 Å². The molecule has 0 spiro atoms. The number of rotatable bonds is 3. The second-order valence-electron chi connectivity index (χ2n) is 4.49. The fraction of sp³-hybridized carbons (Fsp3) is 0.267. The van der Waals surface area contributed by atoms with E-state index in [1.54, 1.807) is 0 Å². The van der Waals surface area contributed by atoms with Gasteiger partial charge in [-0.1, -0.05) is 24.3 Å². The van der Waals surface area contributed by atoms with Gasteiger partial charge in [0, 0.05) is 6.04 Å². The van der Waals surface area contributed by atoms with Gasteiger partial charge >= 0.3 is 0 Å². The number of aryl methyl sites for hydroxylation is 2. The summed E-state index contributed by atoms with van der Waals surface area (Å²) in [6.45, 7) is 6.32. The van der Waals surface area contributed by atoms with Crippen molar-refractivity contribution in [2.45, 2.75) is 26.8 Å². The molecule has 0 bridgehead atoms. The van der Waals surface area contributed by atoms with Crippen LogP contribution >= 0.6 is 15.9 Å². The minimum Gasteiger partial charge on any atom is -0.377 e. The molecule has 1 atom stereocenters. The van der Waals surface area contributed by atoms with E-state index in [1.807, 2.05) is 13.0 Å². The molecule has 0 fully saturated rings. The Morgan fingerprint density at radius 2 is 1.83 bits per heavy atom. The largest absolute Gasteiger partial charge is 0.377 e. The van der Waals surface area contributed by atoms with Crippen molar-refractivity contribution in [2.24, 2.45) is 0 Å². The first kappa shape index (κ1) is 13.1. The molecule has 0 saturated heterocycles. The first-order valence-corrected chi connectivity index (χ1v) is 6.82. The molecular weight excluding hydrogens is 288 g/mol. The highest BCUT2D eigenvalue weighted by atomic mass is 79.9. The quantitative estimate of drug-likeness (QED) is 0.836. The number of anilines is 1. The van der Waals surface area contributed by atoms with E-state index < -0.39 is 0 Å². The molecule has 2 nitrogen and oxygen atoms in total. The Kier molecular flexibility index (Phi) is 4.02. The molecule has 2 aromatic rings. The lowest BCUT2D eigenvalue weighted by Gasteiger charge is -2.18. The fourth-order valence-corrected chi connectivity index (χ4v) is 2.46. The van der Waals surface area contributed by atoms with Crippen molar-refractivity contribution < 1.29 is 0 Å². The summed E-state index contributed by atoms with van der Waals surface area (Å²) in [5, 5.41) is 3.51. The van der Waals surface area contributed by atoms with Crippen LogP contribution in [0.4, 0.5) is 5.69 Å². The molecule has 0 aliphatic heterocycles. The zero-order chi connectivity index (χ0) is 13.1. The number of hydrogen-bond acceptors (Lipinski definition) is 2. The summed E-state index contributed by atoms with van der Waals surface area (Å²) in [7, 11) is 0. The number of aromatic nitrogens is 1. The summed E-state index contributed by atoms with van der Waals surface area (Å²) in [6, 6.07) is 12.7. The Morgan fingerprint density at radius 1 is 1.11 bits per heavy atom. The SMILES string of the molecule is Cc1ccccc1C(C)Nc1ccc(Br)nc1C. The second-order valence-corrected chi connectivity index (χ2v) is 5.30. The Labute approximate surface area is 117 Å². The number of nitrogens with one attached hydrogen (secondary N) is 1. The maximum atomic E-state index is 4.40. The topological polar surface area (TPSA) is 24.9 Å². The molecule has 2 rings (SSSR count). The number of hydrogen-bond donors (Lipinski definition) is 1. The van der Waals surface area contributed by atoms with Gasteiger partial charge in [0.1, 0.15) is 4.60 Å². The monoisotopic (exact) mass is 304 g/mol. The van der Waals surface area contributed by atoms with Crippen molar-refractivity contribution in [1.82, 2.24) is 4.98 Å². The molecule has 1 N–H and O–H groups in total. The average molecular weight is 305 g/mol. The van der Waals surface area contributed by atoms with Crippen molar-refractivity contribution in [3.63, 3.8) is 0 Å². The van der Waals surface area contributed by atoms with Crippen LogP contribution in [0.5, 0.6) is 0 Å². The standard InChI is InChI=1S/C15H17BrN2/c1-10-6-4-5-7-13(10)11(2)17-14-8-9-15(16)18-12(14)3/h4-9,11,17H,1-3H3. The maximum absolute atomic E-state index is 4.40. The molecule has 1 aromatic heterocycles. The number of benzene rings is 1. The molecule has 0 aliphatic carbocycles. The van der Waals surface area contributed by atoms with Crippen LogP contribution in [0, 0.1) is 13.8 Å². The Balaban J connectivity index is 2.21. The summed E-state index contributed by atoms with van der Waals surface area (Å²) >= 11 is 3.38. The maximum Gasteiger partial charge on any atom is 0.106 e. The summed E-state index contributed by atoms with van der Waals surface area (Å²) in [4.78, 5) is 4.40. The molecule has 94 valence electrons. The van der Waals surface area contributed by atoms with E-state index in [4.69, 9.17) is 0 Å². The summed E-state index contributed by atoms with van der Waals surface area (Å²) in [5.41, 5.74) is 4.71. The minimum absolute atomic E-state index is 0.271. The van der Waals surface area contributed by atoms with Crippen molar-refractivity contribution >= 4 is 21.6 Å². The van der Waals surface area contributed by atoms with Crippen LogP contribution in [0.3, 0.4) is 0 Å². The third kappa shape index (κ3) is 2.91. The van der Waals surface area contributed by atoms with E-state index in [9.17, 15) is 0 Å². The van der Waals surface area contributed by atoms with Crippen LogP contribution in [-0.2, 0) is 0 Å². The molecular formula is C15H17BrN2. The predicted molar refractivity (Wildman–Crippen MR) is 79.9 cm³/mol. The highest BCUT2D eigenvalue weighted by Crippen LogP contribution is 2.24. The van der Waals surface area contributed by atoms with Crippen molar-refractivity contribution in [2.75, 3.05) is 5.32 Å². The van der Waals surface area contributed by atoms with Gasteiger partial charge in [0.25, 0.3) is 0 Å². The Hall–Kier alpha value is -1.35. The van der Waals surface area contributed by atoms with E-state index in [2.05, 4.69) is 70.4 Å². The molecule has 1 aromatic carbocycles. The van der Waals surface area contributed by atoms with Crippen molar-refractivity contribution in [3.8, 4) is 0 Å². The fourth-order valence-electron chi connectivity index (χ4n) is 2.07. The van der Waals surface area contributed by atoms with E-state index in [0.717, 1.165) is 16.0 Å². The second kappa shape index (κ2) is 5.53. The van der Waals surface area contributed by atoms with E-state index >= 15 is 0 Å². The molecule has 0 amide bonds. The minimum atomic E-state index is 0.271. The lowest BCUT2D eigenvalue weighted by molar-refractivity contribution is 0.868. The zero-order valence-electron chi connectivity index (χ0n) is 10.9. The van der Waals surface area contributed by atoms with Gasteiger partial charge in [-0.15, -0.1) is 0 Å². The Bertz CT molecular complexity index is 552. The highest BCUT2D eigenvalue weighted by Gasteiger charge is 2.09. The summed E-state index contributed by atoms with van der Waals surface area (Å²) < 4.78 is 0.870. The van der Waals surface area contributed by atoms with Gasteiger partial charge in [0.05, 0.1) is 11.4 Å². The highest BCUT2D eigenvalue weighted by molar-refractivity contribution is 9.10.